The summed E-state index contributed by atoms with van der Waals surface area (Å²) in [6.45, 7) is 3.86. The number of hydrogen-bond donors (Lipinski definition) is 1. The number of amides is 3. The summed E-state index contributed by atoms with van der Waals surface area (Å²) in [6, 6.07) is 2.97. The Balaban J connectivity index is 1.60. The normalized spacial score (nSPS) is 21.9. The average molecular weight is 538 g/mol. The second-order valence-electron chi connectivity index (χ2n) is 9.08. The van der Waals surface area contributed by atoms with Gasteiger partial charge in [-0.3, -0.25) is 14.4 Å². The largest absolute Gasteiger partial charge is 0.493 e. The average Bonchev–Trinajstić information content (AvgIpc) is 2.85. The van der Waals surface area contributed by atoms with Crippen LogP contribution in [-0.2, 0) is 14.3 Å². The van der Waals surface area contributed by atoms with Gasteiger partial charge < -0.3 is 24.1 Å². The highest BCUT2D eigenvalue weighted by Crippen LogP contribution is 2.42. The van der Waals surface area contributed by atoms with Crippen LogP contribution in [0, 0.1) is 0 Å². The molecule has 2 heterocycles. The Hall–Kier alpha value is -4.10. The number of carbonyl (C=O) groups is 3. The third-order valence-electron chi connectivity index (χ3n) is 6.66. The van der Waals surface area contributed by atoms with E-state index in [1.165, 1.54) is 32.5 Å². The summed E-state index contributed by atoms with van der Waals surface area (Å²) in [7, 11) is 1.40. The second kappa shape index (κ2) is 9.99. The van der Waals surface area contributed by atoms with E-state index in [1.807, 2.05) is 0 Å². The van der Waals surface area contributed by atoms with Gasteiger partial charge >= 0.3 is 18.2 Å². The van der Waals surface area contributed by atoms with Gasteiger partial charge in [0.15, 0.2) is 11.5 Å². The Bertz CT molecular complexity index is 1350. The fourth-order valence-electron chi connectivity index (χ4n) is 4.89. The number of carbonyl (C=O) groups excluding carboxylic acids is 3. The Morgan fingerprint density at radius 3 is 2.45 bits per heavy atom. The Morgan fingerprint density at radius 1 is 1.16 bits per heavy atom. The molecule has 38 heavy (non-hydrogen) atoms. The summed E-state index contributed by atoms with van der Waals surface area (Å²) in [5.74, 6) is -2.61. The van der Waals surface area contributed by atoms with Gasteiger partial charge in [0, 0.05) is 19.2 Å². The number of imide groups is 1. The molecule has 1 spiro atoms. The van der Waals surface area contributed by atoms with Gasteiger partial charge in [0.2, 0.25) is 0 Å². The first-order valence-electron chi connectivity index (χ1n) is 11.7. The van der Waals surface area contributed by atoms with Crippen molar-refractivity contribution in [2.24, 2.45) is 0 Å². The maximum absolute atomic E-state index is 13.4. The highest BCUT2D eigenvalue weighted by atomic mass is 19.4. The topological polar surface area (TPSA) is 131 Å². The Labute approximate surface area is 214 Å². The van der Waals surface area contributed by atoms with Crippen molar-refractivity contribution in [2.45, 2.75) is 50.4 Å². The number of fused-ring (bicyclic) bond motifs is 1. The Kier molecular flexibility index (Phi) is 7.08. The molecule has 3 amide bonds. The van der Waals surface area contributed by atoms with Crippen LogP contribution in [0.25, 0.3) is 10.9 Å². The summed E-state index contributed by atoms with van der Waals surface area (Å²) in [5.41, 5.74) is -1.94. The number of rotatable bonds is 4. The molecule has 2 fully saturated rings. The van der Waals surface area contributed by atoms with E-state index >= 15 is 0 Å². The van der Waals surface area contributed by atoms with E-state index in [2.05, 4.69) is 16.5 Å². The van der Waals surface area contributed by atoms with Crippen molar-refractivity contribution in [1.29, 1.82) is 0 Å². The van der Waals surface area contributed by atoms with E-state index in [0.717, 1.165) is 0 Å². The maximum atomic E-state index is 13.4. The number of H-pyrrole nitrogens is 1. The molecule has 4 rings (SSSR count). The van der Waals surface area contributed by atoms with E-state index in [1.54, 1.807) is 0 Å². The molecule has 2 aromatic rings. The summed E-state index contributed by atoms with van der Waals surface area (Å²) in [5, 5.41) is 0.242. The van der Waals surface area contributed by atoms with Crippen LogP contribution in [0.2, 0.25) is 0 Å². The number of benzene rings is 1. The van der Waals surface area contributed by atoms with Gasteiger partial charge in [-0.2, -0.15) is 13.2 Å². The lowest BCUT2D eigenvalue weighted by molar-refractivity contribution is -0.199. The van der Waals surface area contributed by atoms with Crippen molar-refractivity contribution in [3.63, 3.8) is 0 Å². The second-order valence-corrected chi connectivity index (χ2v) is 9.08. The molecule has 2 aliphatic rings. The zero-order chi connectivity index (χ0) is 27.8. The molecule has 1 saturated carbocycles. The molecule has 0 unspecified atom stereocenters. The van der Waals surface area contributed by atoms with E-state index in [-0.39, 0.29) is 48.3 Å². The molecular weight excluding hydrogens is 513 g/mol. The van der Waals surface area contributed by atoms with Crippen molar-refractivity contribution in [3.8, 4) is 11.5 Å². The summed E-state index contributed by atoms with van der Waals surface area (Å²) in [6.07, 6.45) is -5.88. The van der Waals surface area contributed by atoms with Gasteiger partial charge in [0.05, 0.1) is 36.2 Å². The molecule has 1 aromatic heterocycles. The van der Waals surface area contributed by atoms with Crippen molar-refractivity contribution in [2.75, 3.05) is 20.2 Å². The van der Waals surface area contributed by atoms with E-state index in [9.17, 15) is 32.3 Å². The van der Waals surface area contributed by atoms with Crippen LogP contribution in [0.5, 0.6) is 11.5 Å². The van der Waals surface area contributed by atoms with Crippen LogP contribution in [0.3, 0.4) is 0 Å². The minimum absolute atomic E-state index is 0.00104. The molecule has 1 aromatic carbocycles. The number of ether oxygens (including phenoxy) is 3. The van der Waals surface area contributed by atoms with Gasteiger partial charge in [-0.25, -0.2) is 14.7 Å². The fourth-order valence-corrected chi connectivity index (χ4v) is 4.89. The van der Waals surface area contributed by atoms with Crippen LogP contribution >= 0.6 is 0 Å². The van der Waals surface area contributed by atoms with E-state index in [4.69, 9.17) is 14.2 Å². The lowest BCUT2D eigenvalue weighted by Crippen LogP contribution is -2.70. The van der Waals surface area contributed by atoms with Crippen molar-refractivity contribution in [3.05, 3.63) is 41.2 Å². The molecule has 14 heteroatoms. The van der Waals surface area contributed by atoms with Crippen LogP contribution < -0.4 is 15.0 Å². The number of aromatic nitrogens is 2. The van der Waals surface area contributed by atoms with Gasteiger partial charge in [-0.1, -0.05) is 6.58 Å². The molecule has 1 N–H and O–H groups in total. The summed E-state index contributed by atoms with van der Waals surface area (Å²) >= 11 is 0. The molecule has 11 nitrogen and oxygen atoms in total. The summed E-state index contributed by atoms with van der Waals surface area (Å²) < 4.78 is 56.6. The van der Waals surface area contributed by atoms with E-state index in [0.29, 0.717) is 15.3 Å². The van der Waals surface area contributed by atoms with Gasteiger partial charge in [0.25, 0.3) is 11.5 Å². The minimum atomic E-state index is -5.21. The highest BCUT2D eigenvalue weighted by Gasteiger charge is 2.59. The number of piperazine rings is 1. The lowest BCUT2D eigenvalue weighted by Gasteiger charge is -2.51. The first-order valence-corrected chi connectivity index (χ1v) is 11.7. The minimum Gasteiger partial charge on any atom is -0.493 e. The van der Waals surface area contributed by atoms with Crippen LogP contribution in [0.15, 0.2) is 35.6 Å². The van der Waals surface area contributed by atoms with Crippen LogP contribution in [0.4, 0.5) is 18.0 Å². The predicted octanol–water partition coefficient (Wildman–Crippen LogP) is 2.90. The van der Waals surface area contributed by atoms with Gasteiger partial charge in [0.1, 0.15) is 5.54 Å². The zero-order valence-corrected chi connectivity index (χ0v) is 20.6. The molecular formula is C24H25F3N4O7. The molecule has 0 bridgehead atoms. The quantitative estimate of drug-likeness (QED) is 0.588. The van der Waals surface area contributed by atoms with E-state index < -0.39 is 54.4 Å². The molecule has 0 atom stereocenters. The zero-order valence-electron chi connectivity index (χ0n) is 20.6. The number of hydrogen-bond acceptors (Lipinski definition) is 8. The highest BCUT2D eigenvalue weighted by molar-refractivity contribution is 6.01. The third-order valence-corrected chi connectivity index (χ3v) is 6.66. The van der Waals surface area contributed by atoms with Gasteiger partial charge in [-0.15, -0.1) is 0 Å². The maximum Gasteiger partial charge on any atom is 0.471 e. The molecule has 0 radical (unpaired) electrons. The van der Waals surface area contributed by atoms with Crippen molar-refractivity contribution >= 4 is 28.8 Å². The predicted molar refractivity (Wildman–Crippen MR) is 125 cm³/mol. The fraction of sp³-hybridized carbons (Fsp3) is 0.458. The SMILES string of the molecule is C=C(C)OC(=O)N1CCN(C(=O)C(F)(F)F)C2(CCC(Oc3cc4c(=O)[nH]cnc4cc3OC)CC2)C1=O. The summed E-state index contributed by atoms with van der Waals surface area (Å²) in [4.78, 5) is 58.2. The molecule has 1 saturated heterocycles. The number of alkyl halides is 3. The Morgan fingerprint density at radius 2 is 1.84 bits per heavy atom. The number of aromatic amines is 1. The van der Waals surface area contributed by atoms with Crippen LogP contribution in [-0.4, -0.2) is 75.7 Å². The monoisotopic (exact) mass is 538 g/mol. The standard InChI is InChI=1S/C24H25F3N4O7/c1-13(2)37-22(35)30-8-9-31(21(34)24(25,26)27)23(20(30)33)6-4-14(5-7-23)38-18-10-15-16(11-17(18)36-3)28-12-29-19(15)32/h10-12,14H,1,4-9H2,2-3H3,(H,28,29,32). The molecule has 1 aliphatic heterocycles. The first kappa shape index (κ1) is 26.9. The number of halogens is 3. The van der Waals surface area contributed by atoms with Crippen molar-refractivity contribution < 1.29 is 41.8 Å². The molecule has 1 aliphatic carbocycles. The van der Waals surface area contributed by atoms with Gasteiger partial charge in [-0.05, 0) is 38.7 Å². The molecule has 204 valence electrons. The number of nitrogens with one attached hydrogen (secondary N) is 1. The lowest BCUT2D eigenvalue weighted by atomic mass is 9.76. The third kappa shape index (κ3) is 4.89. The van der Waals surface area contributed by atoms with Crippen LogP contribution in [0.1, 0.15) is 32.6 Å². The number of nitrogens with zero attached hydrogens (tertiary/aromatic N) is 3. The number of methoxy groups -OCH3 is 1. The number of allylic oxidation sites excluding steroid dienone is 1. The first-order chi connectivity index (χ1) is 17.9. The smallest absolute Gasteiger partial charge is 0.471 e. The van der Waals surface area contributed by atoms with Crippen molar-refractivity contribution in [1.82, 2.24) is 19.8 Å².